The van der Waals surface area contributed by atoms with Crippen molar-refractivity contribution in [2.45, 2.75) is 23.7 Å². The van der Waals surface area contributed by atoms with Crippen molar-refractivity contribution in [1.82, 2.24) is 9.19 Å². The van der Waals surface area contributed by atoms with E-state index in [9.17, 15) is 8.42 Å². The van der Waals surface area contributed by atoms with Crippen molar-refractivity contribution in [3.8, 4) is 0 Å². The van der Waals surface area contributed by atoms with Crippen LogP contribution in [-0.4, -0.2) is 17.6 Å². The van der Waals surface area contributed by atoms with E-state index in [1.165, 1.54) is 0 Å². The molecule has 0 amide bonds. The highest BCUT2D eigenvalue weighted by Crippen LogP contribution is 2.44. The molecule has 8 heteroatoms. The van der Waals surface area contributed by atoms with Crippen LogP contribution < -0.4 is 5.73 Å². The second-order valence-electron chi connectivity index (χ2n) is 7.41. The molecular formula is C22H19N3O2S3. The first-order valence-electron chi connectivity index (χ1n) is 9.36. The highest BCUT2D eigenvalue weighted by atomic mass is 32.2. The number of thiophene rings is 2. The summed E-state index contributed by atoms with van der Waals surface area (Å²) < 4.78 is 28.0. The van der Waals surface area contributed by atoms with Crippen molar-refractivity contribution in [2.24, 2.45) is 0 Å². The molecule has 0 saturated heterocycles. The van der Waals surface area contributed by atoms with Crippen molar-refractivity contribution in [2.75, 3.05) is 5.73 Å². The van der Waals surface area contributed by atoms with Crippen molar-refractivity contribution in [1.29, 1.82) is 0 Å². The van der Waals surface area contributed by atoms with Crippen LogP contribution >= 0.6 is 22.7 Å². The Labute approximate surface area is 183 Å². The number of nitrogen functional groups attached to an aromatic ring is 1. The molecule has 1 aliphatic carbocycles. The number of nitrogens with two attached hydrogens (primary N) is 1. The molecule has 0 aliphatic heterocycles. The molecule has 2 N–H and O–H groups in total. The summed E-state index contributed by atoms with van der Waals surface area (Å²) in [4.78, 5) is 0.199. The molecule has 0 atom stereocenters. The Morgan fingerprint density at radius 2 is 1.67 bits per heavy atom. The van der Waals surface area contributed by atoms with Crippen LogP contribution in [-0.2, 0) is 21.9 Å². The third-order valence-electron chi connectivity index (χ3n) is 5.62. The number of aromatic nitrogens is 2. The van der Waals surface area contributed by atoms with E-state index in [1.54, 1.807) is 46.9 Å². The zero-order valence-corrected chi connectivity index (χ0v) is 18.6. The standard InChI is InChI=1S/C22H19N3O2S3/c1-15-2-4-18(5-3-15)30(26,27)25-20-12-22(16-7-10-28-13-16,17-8-11-29-14-17)9-6-19(20)21(23)24-25/h2-11,13-14H,12H2,1H3,(H2,23,24). The number of fused-ring (bicyclic) bond motifs is 1. The molecule has 30 heavy (non-hydrogen) atoms. The second kappa shape index (κ2) is 6.94. The Morgan fingerprint density at radius 3 is 2.23 bits per heavy atom. The number of nitrogens with zero attached hydrogens (tertiary/aromatic N) is 2. The molecule has 5 nitrogen and oxygen atoms in total. The van der Waals surface area contributed by atoms with Crippen LogP contribution in [0, 0.1) is 6.92 Å². The quantitative estimate of drug-likeness (QED) is 0.486. The Kier molecular flexibility index (Phi) is 4.46. The first-order valence-corrected chi connectivity index (χ1v) is 12.7. The molecule has 3 heterocycles. The molecule has 3 aromatic heterocycles. The van der Waals surface area contributed by atoms with Crippen LogP contribution in [0.3, 0.4) is 0 Å². The molecule has 1 aromatic carbocycles. The smallest absolute Gasteiger partial charge is 0.283 e. The van der Waals surface area contributed by atoms with Gasteiger partial charge in [0.1, 0.15) is 0 Å². The third kappa shape index (κ3) is 2.86. The number of aryl methyl sites for hydroxylation is 1. The van der Waals surface area contributed by atoms with E-state index >= 15 is 0 Å². The van der Waals surface area contributed by atoms with Crippen molar-refractivity contribution in [3.63, 3.8) is 0 Å². The molecule has 1 aliphatic rings. The Balaban J connectivity index is 1.70. The number of hydrogen-bond donors (Lipinski definition) is 1. The van der Waals surface area contributed by atoms with Gasteiger partial charge in [-0.05, 0) is 63.8 Å². The molecule has 0 saturated carbocycles. The number of benzene rings is 1. The fourth-order valence-corrected chi connectivity index (χ4v) is 6.77. The molecule has 0 unspecified atom stereocenters. The molecule has 0 spiro atoms. The summed E-state index contributed by atoms with van der Waals surface area (Å²) in [6.07, 6.45) is 4.50. The first-order chi connectivity index (χ1) is 14.4. The van der Waals surface area contributed by atoms with Crippen LogP contribution in [0.4, 0.5) is 5.82 Å². The third-order valence-corrected chi connectivity index (χ3v) is 8.61. The molecule has 4 aromatic rings. The van der Waals surface area contributed by atoms with Gasteiger partial charge in [0.05, 0.1) is 10.6 Å². The van der Waals surface area contributed by atoms with E-state index in [4.69, 9.17) is 5.73 Å². The van der Waals surface area contributed by atoms with Gasteiger partial charge in [0, 0.05) is 17.4 Å². The van der Waals surface area contributed by atoms with E-state index in [1.807, 2.05) is 23.8 Å². The molecule has 5 rings (SSSR count). The minimum absolute atomic E-state index is 0.199. The van der Waals surface area contributed by atoms with Crippen LogP contribution in [0.2, 0.25) is 0 Å². The first kappa shape index (κ1) is 19.3. The fourth-order valence-electron chi connectivity index (χ4n) is 3.96. The molecular weight excluding hydrogens is 434 g/mol. The van der Waals surface area contributed by atoms with Gasteiger partial charge in [-0.3, -0.25) is 0 Å². The second-order valence-corrected chi connectivity index (χ2v) is 10.7. The predicted octanol–water partition coefficient (Wildman–Crippen LogP) is 4.69. The van der Waals surface area contributed by atoms with Gasteiger partial charge < -0.3 is 5.73 Å². The number of allylic oxidation sites excluding steroid dienone is 1. The predicted molar refractivity (Wildman–Crippen MR) is 123 cm³/mol. The minimum Gasteiger partial charge on any atom is -0.382 e. The topological polar surface area (TPSA) is 78.0 Å². The largest absolute Gasteiger partial charge is 0.382 e. The normalized spacial score (nSPS) is 15.2. The fraction of sp³-hybridized carbons (Fsp3) is 0.136. The van der Waals surface area contributed by atoms with E-state index in [0.717, 1.165) is 20.8 Å². The van der Waals surface area contributed by atoms with E-state index in [0.29, 0.717) is 17.7 Å². The zero-order chi connectivity index (χ0) is 20.9. The lowest BCUT2D eigenvalue weighted by Gasteiger charge is -2.33. The van der Waals surface area contributed by atoms with Crippen molar-refractivity contribution in [3.05, 3.63) is 91.9 Å². The van der Waals surface area contributed by atoms with E-state index in [-0.39, 0.29) is 10.7 Å². The SMILES string of the molecule is Cc1ccc(S(=O)(=O)n2nc(N)c3c2CC(c2ccsc2)(c2ccsc2)C=C3)cc1. The van der Waals surface area contributed by atoms with Gasteiger partial charge in [0.25, 0.3) is 10.0 Å². The van der Waals surface area contributed by atoms with E-state index in [2.05, 4.69) is 34.1 Å². The lowest BCUT2D eigenvalue weighted by Crippen LogP contribution is -2.32. The highest BCUT2D eigenvalue weighted by molar-refractivity contribution is 7.89. The lowest BCUT2D eigenvalue weighted by atomic mass is 9.70. The monoisotopic (exact) mass is 453 g/mol. The van der Waals surface area contributed by atoms with Crippen molar-refractivity contribution < 1.29 is 8.42 Å². The number of hydrogen-bond acceptors (Lipinski definition) is 6. The summed E-state index contributed by atoms with van der Waals surface area (Å²) in [7, 11) is -3.87. The summed E-state index contributed by atoms with van der Waals surface area (Å²) in [5, 5.41) is 12.6. The highest BCUT2D eigenvalue weighted by Gasteiger charge is 2.39. The minimum atomic E-state index is -3.87. The van der Waals surface area contributed by atoms with Crippen LogP contribution in [0.25, 0.3) is 6.08 Å². The maximum absolute atomic E-state index is 13.4. The van der Waals surface area contributed by atoms with Gasteiger partial charge in [-0.15, -0.1) is 5.10 Å². The number of rotatable bonds is 4. The van der Waals surface area contributed by atoms with Gasteiger partial charge in [-0.2, -0.15) is 35.2 Å². The van der Waals surface area contributed by atoms with Crippen LogP contribution in [0.15, 0.2) is 68.9 Å². The maximum Gasteiger partial charge on any atom is 0.283 e. The van der Waals surface area contributed by atoms with E-state index < -0.39 is 15.4 Å². The van der Waals surface area contributed by atoms with Gasteiger partial charge in [-0.1, -0.05) is 29.8 Å². The van der Waals surface area contributed by atoms with Gasteiger partial charge in [0.2, 0.25) is 0 Å². The molecule has 0 bridgehead atoms. The summed E-state index contributed by atoms with van der Waals surface area (Å²) >= 11 is 3.26. The Bertz CT molecular complexity index is 1300. The van der Waals surface area contributed by atoms with Gasteiger partial charge in [-0.25, -0.2) is 0 Å². The lowest BCUT2D eigenvalue weighted by molar-refractivity contribution is 0.566. The molecule has 152 valence electrons. The van der Waals surface area contributed by atoms with Crippen LogP contribution in [0.5, 0.6) is 0 Å². The van der Waals surface area contributed by atoms with Crippen LogP contribution in [0.1, 0.15) is 27.9 Å². The average molecular weight is 454 g/mol. The molecule has 0 fully saturated rings. The van der Waals surface area contributed by atoms with Gasteiger partial charge >= 0.3 is 0 Å². The maximum atomic E-state index is 13.4. The zero-order valence-electron chi connectivity index (χ0n) is 16.1. The number of anilines is 1. The van der Waals surface area contributed by atoms with Crippen molar-refractivity contribution >= 4 is 44.6 Å². The van der Waals surface area contributed by atoms with Gasteiger partial charge in [0.15, 0.2) is 5.82 Å². The Hall–Kier alpha value is -2.68. The average Bonchev–Trinajstić information content (AvgIpc) is 3.50. The molecule has 0 radical (unpaired) electrons. The Morgan fingerprint density at radius 1 is 1.03 bits per heavy atom. The summed E-state index contributed by atoms with van der Waals surface area (Å²) in [5.74, 6) is 0.223. The summed E-state index contributed by atoms with van der Waals surface area (Å²) in [6.45, 7) is 1.92. The summed E-state index contributed by atoms with van der Waals surface area (Å²) in [5.41, 5.74) is 10.2. The summed E-state index contributed by atoms with van der Waals surface area (Å²) in [6, 6.07) is 11.0.